The number of aromatic nitrogens is 1. The minimum atomic E-state index is -1.04. The smallest absolute Gasteiger partial charge is 0.306 e. The van der Waals surface area contributed by atoms with Gasteiger partial charge in [0, 0.05) is 37.8 Å². The Kier molecular flexibility index (Phi) is 7.23. The molecule has 0 radical (unpaired) electrons. The first kappa shape index (κ1) is 24.5. The summed E-state index contributed by atoms with van der Waals surface area (Å²) in [6.45, 7) is 2.79. The Morgan fingerprint density at radius 1 is 1.14 bits per heavy atom. The number of esters is 1. The topological polar surface area (TPSA) is 120 Å². The van der Waals surface area contributed by atoms with Crippen LogP contribution in [0.5, 0.6) is 11.5 Å². The fraction of sp³-hybridized carbons (Fsp3) is 0.400. The van der Waals surface area contributed by atoms with Crippen LogP contribution in [-0.2, 0) is 27.9 Å². The number of morpholine rings is 1. The summed E-state index contributed by atoms with van der Waals surface area (Å²) >= 11 is 0. The second-order valence-electron chi connectivity index (χ2n) is 8.40. The number of hydrogen-bond acceptors (Lipinski definition) is 9. The van der Waals surface area contributed by atoms with Crippen LogP contribution in [-0.4, -0.2) is 61.1 Å². The number of hydrogen-bond donors (Lipinski definition) is 1. The Morgan fingerprint density at radius 2 is 1.89 bits per heavy atom. The van der Waals surface area contributed by atoms with E-state index in [2.05, 4.69) is 4.90 Å². The van der Waals surface area contributed by atoms with Gasteiger partial charge >= 0.3 is 5.97 Å². The van der Waals surface area contributed by atoms with Crippen molar-refractivity contribution in [3.63, 3.8) is 0 Å². The van der Waals surface area contributed by atoms with Crippen LogP contribution in [0.15, 0.2) is 44.3 Å². The molecule has 0 unspecified atom stereocenters. The third-order valence-corrected chi connectivity index (χ3v) is 6.23. The van der Waals surface area contributed by atoms with Gasteiger partial charge in [-0.15, -0.1) is 0 Å². The quantitative estimate of drug-likeness (QED) is 0.500. The molecule has 0 bridgehead atoms. The summed E-state index contributed by atoms with van der Waals surface area (Å²) in [7, 11) is 4.37. The van der Waals surface area contributed by atoms with Gasteiger partial charge in [0.1, 0.15) is 11.5 Å². The van der Waals surface area contributed by atoms with Crippen molar-refractivity contribution < 1.29 is 28.5 Å². The first-order valence-electron chi connectivity index (χ1n) is 11.2. The van der Waals surface area contributed by atoms with E-state index in [4.69, 9.17) is 18.6 Å². The fourth-order valence-electron chi connectivity index (χ4n) is 4.29. The minimum Gasteiger partial charge on any atom is -0.502 e. The van der Waals surface area contributed by atoms with E-state index in [9.17, 15) is 19.5 Å². The summed E-state index contributed by atoms with van der Waals surface area (Å²) in [6, 6.07) is 8.15. The Hall–Kier alpha value is -3.63. The molecule has 2 aromatic heterocycles. The third-order valence-electron chi connectivity index (χ3n) is 6.23. The van der Waals surface area contributed by atoms with Crippen molar-refractivity contribution in [1.29, 1.82) is 0 Å². The minimum absolute atomic E-state index is 0.142. The molecule has 4 rings (SSSR count). The zero-order valence-corrected chi connectivity index (χ0v) is 19.9. The maximum absolute atomic E-state index is 13.4. The van der Waals surface area contributed by atoms with Crippen LogP contribution in [0.2, 0.25) is 0 Å². The molecule has 0 aliphatic carbocycles. The molecule has 0 spiro atoms. The van der Waals surface area contributed by atoms with E-state index in [1.54, 1.807) is 31.3 Å². The average molecular weight is 485 g/mol. The van der Waals surface area contributed by atoms with Gasteiger partial charge in [0.15, 0.2) is 5.76 Å². The van der Waals surface area contributed by atoms with Crippen LogP contribution in [0.1, 0.15) is 29.4 Å². The van der Waals surface area contributed by atoms with Crippen molar-refractivity contribution in [2.75, 3.05) is 40.5 Å². The van der Waals surface area contributed by atoms with Gasteiger partial charge in [-0.2, -0.15) is 0 Å². The molecule has 0 amide bonds. The summed E-state index contributed by atoms with van der Waals surface area (Å²) in [5.74, 6) is -1.53. The maximum Gasteiger partial charge on any atom is 0.306 e. The Labute approximate surface area is 201 Å². The molecule has 1 atom stereocenters. The van der Waals surface area contributed by atoms with Crippen molar-refractivity contribution in [2.24, 2.45) is 7.05 Å². The molecule has 3 heterocycles. The highest BCUT2D eigenvalue weighted by Crippen LogP contribution is 2.33. The molecule has 186 valence electrons. The number of carbonyl (C=O) groups is 1. The Morgan fingerprint density at radius 3 is 2.57 bits per heavy atom. The SMILES string of the molecule is COC(=O)C[C@H](c1oc(CN2CCOCC2)cc(=O)c1O)c1cc2ccc(OC)cc2n(C)c1=O. The summed E-state index contributed by atoms with van der Waals surface area (Å²) in [5, 5.41) is 11.4. The number of aryl methyl sites for hydroxylation is 1. The largest absolute Gasteiger partial charge is 0.502 e. The molecule has 1 aliphatic heterocycles. The molecule has 0 saturated carbocycles. The van der Waals surface area contributed by atoms with Gasteiger partial charge in [0.2, 0.25) is 11.2 Å². The van der Waals surface area contributed by atoms with Crippen molar-refractivity contribution in [3.8, 4) is 11.5 Å². The van der Waals surface area contributed by atoms with E-state index in [0.717, 1.165) is 0 Å². The van der Waals surface area contributed by atoms with Crippen LogP contribution in [0, 0.1) is 0 Å². The second kappa shape index (κ2) is 10.3. The lowest BCUT2D eigenvalue weighted by molar-refractivity contribution is -0.140. The van der Waals surface area contributed by atoms with Gasteiger partial charge in [0.25, 0.3) is 5.56 Å². The molecule has 1 N–H and O–H groups in total. The van der Waals surface area contributed by atoms with Gasteiger partial charge < -0.3 is 28.3 Å². The predicted molar refractivity (Wildman–Crippen MR) is 127 cm³/mol. The summed E-state index contributed by atoms with van der Waals surface area (Å²) in [6.07, 6.45) is -0.301. The molecule has 1 aliphatic rings. The van der Waals surface area contributed by atoms with Gasteiger partial charge in [-0.05, 0) is 23.6 Å². The number of pyridine rings is 1. The fourth-order valence-corrected chi connectivity index (χ4v) is 4.29. The number of carbonyl (C=O) groups excluding carboxylic acids is 1. The maximum atomic E-state index is 13.4. The van der Waals surface area contributed by atoms with E-state index in [1.807, 2.05) is 0 Å². The Bertz CT molecular complexity index is 1350. The molecule has 10 heteroatoms. The molecule has 1 saturated heterocycles. The Balaban J connectivity index is 1.85. The molecule has 35 heavy (non-hydrogen) atoms. The van der Waals surface area contributed by atoms with E-state index in [0.29, 0.717) is 55.3 Å². The lowest BCUT2D eigenvalue weighted by Gasteiger charge is -2.26. The highest BCUT2D eigenvalue weighted by Gasteiger charge is 2.30. The number of fused-ring (bicyclic) bond motifs is 1. The second-order valence-corrected chi connectivity index (χ2v) is 8.40. The molecule has 3 aromatic rings. The van der Waals surface area contributed by atoms with Gasteiger partial charge in [0.05, 0.1) is 51.8 Å². The summed E-state index contributed by atoms with van der Waals surface area (Å²) in [4.78, 5) is 40.5. The molecule has 10 nitrogen and oxygen atoms in total. The molecule has 1 fully saturated rings. The molecule has 1 aromatic carbocycles. The number of rotatable bonds is 7. The lowest BCUT2D eigenvalue weighted by Crippen LogP contribution is -2.35. The van der Waals surface area contributed by atoms with Gasteiger partial charge in [-0.1, -0.05) is 0 Å². The molecular formula is C25H28N2O8. The van der Waals surface area contributed by atoms with Crippen LogP contribution in [0.3, 0.4) is 0 Å². The van der Waals surface area contributed by atoms with Crippen molar-refractivity contribution in [2.45, 2.75) is 18.9 Å². The average Bonchev–Trinajstić information content (AvgIpc) is 2.87. The van der Waals surface area contributed by atoms with E-state index in [-0.39, 0.29) is 17.7 Å². The number of methoxy groups -OCH3 is 2. The normalized spacial score (nSPS) is 15.2. The van der Waals surface area contributed by atoms with E-state index in [1.165, 1.54) is 24.9 Å². The van der Waals surface area contributed by atoms with E-state index < -0.39 is 28.6 Å². The van der Waals surface area contributed by atoms with Crippen molar-refractivity contribution >= 4 is 16.9 Å². The van der Waals surface area contributed by atoms with Gasteiger partial charge in [-0.3, -0.25) is 19.3 Å². The van der Waals surface area contributed by atoms with Crippen LogP contribution < -0.4 is 15.7 Å². The highest BCUT2D eigenvalue weighted by molar-refractivity contribution is 5.82. The number of benzene rings is 1. The third kappa shape index (κ3) is 5.08. The number of ether oxygens (including phenoxy) is 3. The number of aromatic hydroxyl groups is 1. The van der Waals surface area contributed by atoms with Crippen LogP contribution in [0.4, 0.5) is 0 Å². The van der Waals surface area contributed by atoms with Crippen molar-refractivity contribution in [3.05, 3.63) is 68.0 Å². The summed E-state index contributed by atoms with van der Waals surface area (Å²) in [5.41, 5.74) is -0.230. The van der Waals surface area contributed by atoms with Gasteiger partial charge in [-0.25, -0.2) is 0 Å². The number of nitrogens with zero attached hydrogens (tertiary/aromatic N) is 2. The first-order valence-corrected chi connectivity index (χ1v) is 11.2. The standard InChI is InChI=1S/C25H28N2O8/c1-26-20-11-16(32-2)5-4-15(20)10-19(25(26)31)18(13-22(29)33-3)24-23(30)21(28)12-17(35-24)14-27-6-8-34-9-7-27/h4-5,10-12,18,30H,6-9,13-14H2,1-3H3/t18-/m0/s1. The van der Waals surface area contributed by atoms with Crippen LogP contribution in [0.25, 0.3) is 10.9 Å². The molecular weight excluding hydrogens is 456 g/mol. The van der Waals surface area contributed by atoms with Crippen LogP contribution >= 0.6 is 0 Å². The zero-order chi connectivity index (χ0) is 25.1. The predicted octanol–water partition coefficient (Wildman–Crippen LogP) is 1.73. The highest BCUT2D eigenvalue weighted by atomic mass is 16.5. The lowest BCUT2D eigenvalue weighted by atomic mass is 9.92. The zero-order valence-electron chi connectivity index (χ0n) is 19.9. The van der Waals surface area contributed by atoms with E-state index >= 15 is 0 Å². The monoisotopic (exact) mass is 484 g/mol. The summed E-state index contributed by atoms with van der Waals surface area (Å²) < 4.78 is 22.9. The first-order chi connectivity index (χ1) is 16.8. The van der Waals surface area contributed by atoms with Crippen molar-refractivity contribution in [1.82, 2.24) is 9.47 Å².